The van der Waals surface area contributed by atoms with E-state index in [1.54, 1.807) is 19.2 Å². The Labute approximate surface area is 146 Å². The fraction of sp³-hybridized carbons (Fsp3) is 0.550. The molecule has 4 atom stereocenters. The van der Waals surface area contributed by atoms with Crippen molar-refractivity contribution >= 4 is 0 Å². The van der Waals surface area contributed by atoms with Crippen LogP contribution in [0.3, 0.4) is 0 Å². The highest BCUT2D eigenvalue weighted by atomic mass is 16.5. The van der Waals surface area contributed by atoms with Gasteiger partial charge >= 0.3 is 0 Å². The summed E-state index contributed by atoms with van der Waals surface area (Å²) in [5, 5.41) is 19.4. The lowest BCUT2D eigenvalue weighted by Gasteiger charge is -2.62. The van der Waals surface area contributed by atoms with Crippen molar-refractivity contribution < 1.29 is 18.7 Å². The van der Waals surface area contributed by atoms with Crippen molar-refractivity contribution in [3.63, 3.8) is 0 Å². The highest BCUT2D eigenvalue weighted by molar-refractivity contribution is 5.51. The van der Waals surface area contributed by atoms with Crippen LogP contribution in [0.15, 0.2) is 30.0 Å². The molecule has 4 saturated carbocycles. The van der Waals surface area contributed by atoms with Crippen molar-refractivity contribution in [1.82, 2.24) is 0 Å². The molecule has 24 heavy (non-hydrogen) atoms. The summed E-state index contributed by atoms with van der Waals surface area (Å²) in [5.41, 5.74) is 1.44. The lowest BCUT2D eigenvalue weighted by atomic mass is 9.44. The smallest absolute Gasteiger partial charge is 0.133 e. The second-order valence-electron chi connectivity index (χ2n) is 7.59. The normalized spacial score (nSPS) is 40.7. The van der Waals surface area contributed by atoms with E-state index in [-0.39, 0.29) is 22.8 Å². The van der Waals surface area contributed by atoms with Gasteiger partial charge in [-0.25, -0.2) is 0 Å². The summed E-state index contributed by atoms with van der Waals surface area (Å²) in [7, 11) is -0.742. The SMILES string of the molecule is [2H]C([2H])([2H])OC=C1C2CC3CC(OC)(C2)CC1(c1ccc(C#N)c(O)c1)C3. The summed E-state index contributed by atoms with van der Waals surface area (Å²) in [6.45, 7) is 0. The van der Waals surface area contributed by atoms with Crippen LogP contribution in [0.2, 0.25) is 0 Å². The van der Waals surface area contributed by atoms with Gasteiger partial charge in [-0.2, -0.15) is 5.26 Å². The number of allylic oxidation sites excluding steroid dienone is 1. The first-order valence-corrected chi connectivity index (χ1v) is 8.37. The largest absolute Gasteiger partial charge is 0.507 e. The van der Waals surface area contributed by atoms with Crippen LogP contribution in [0.4, 0.5) is 0 Å². The summed E-state index contributed by atoms with van der Waals surface area (Å²) < 4.78 is 33.3. The molecule has 1 aromatic rings. The molecule has 4 fully saturated rings. The van der Waals surface area contributed by atoms with Crippen molar-refractivity contribution in [1.29, 1.82) is 5.26 Å². The third-order valence-corrected chi connectivity index (χ3v) is 6.44. The molecule has 4 bridgehead atoms. The van der Waals surface area contributed by atoms with Crippen molar-refractivity contribution in [3.05, 3.63) is 41.2 Å². The first-order chi connectivity index (χ1) is 12.7. The monoisotopic (exact) mass is 328 g/mol. The lowest BCUT2D eigenvalue weighted by molar-refractivity contribution is -0.134. The average Bonchev–Trinajstić information content (AvgIpc) is 2.59. The molecule has 4 unspecified atom stereocenters. The Morgan fingerprint density at radius 3 is 3.00 bits per heavy atom. The molecule has 4 aliphatic carbocycles. The minimum atomic E-state index is -2.49. The molecule has 4 nitrogen and oxygen atoms in total. The van der Waals surface area contributed by atoms with E-state index in [9.17, 15) is 5.11 Å². The highest BCUT2D eigenvalue weighted by Crippen LogP contribution is 2.65. The van der Waals surface area contributed by atoms with Gasteiger partial charge in [0.2, 0.25) is 0 Å². The minimum Gasteiger partial charge on any atom is -0.507 e. The summed E-state index contributed by atoms with van der Waals surface area (Å²) >= 11 is 0. The van der Waals surface area contributed by atoms with Crippen LogP contribution in [-0.2, 0) is 14.9 Å². The number of hydrogen-bond donors (Lipinski definition) is 1. The summed E-state index contributed by atoms with van der Waals surface area (Å²) in [4.78, 5) is 0. The van der Waals surface area contributed by atoms with Gasteiger partial charge in [0.25, 0.3) is 0 Å². The van der Waals surface area contributed by atoms with E-state index < -0.39 is 12.5 Å². The van der Waals surface area contributed by atoms with Gasteiger partial charge in [0.05, 0.1) is 28.6 Å². The summed E-state index contributed by atoms with van der Waals surface area (Å²) in [6, 6.07) is 7.14. The molecule has 0 aliphatic heterocycles. The molecular formula is C20H23NO3. The maximum Gasteiger partial charge on any atom is 0.133 e. The molecule has 1 aromatic carbocycles. The number of ether oxygens (including phenoxy) is 2. The Hall–Kier alpha value is -1.99. The van der Waals surface area contributed by atoms with E-state index in [0.29, 0.717) is 5.92 Å². The Balaban J connectivity index is 1.84. The molecule has 0 spiro atoms. The zero-order valence-electron chi connectivity index (χ0n) is 16.7. The van der Waals surface area contributed by atoms with Crippen LogP contribution >= 0.6 is 0 Å². The standard InChI is InChI=1S/C20H23NO3/c1-23-11-17-15-5-13-7-19(9-15,24-2)12-20(17,8-13)16-4-3-14(10-21)18(22)6-16/h3-4,6,11,13,15,22H,5,7-9,12H2,1-2H3/i1D3. The second-order valence-corrected chi connectivity index (χ2v) is 7.59. The molecule has 4 aliphatic rings. The zero-order chi connectivity index (χ0) is 19.4. The predicted molar refractivity (Wildman–Crippen MR) is 89.4 cm³/mol. The third kappa shape index (κ3) is 2.01. The average molecular weight is 328 g/mol. The number of nitriles is 1. The number of phenolic OH excluding ortho intramolecular Hbond substituents is 1. The minimum absolute atomic E-state index is 0.0479. The fourth-order valence-corrected chi connectivity index (χ4v) is 5.71. The van der Waals surface area contributed by atoms with Gasteiger partial charge in [-0.05, 0) is 67.2 Å². The van der Waals surface area contributed by atoms with Gasteiger partial charge in [-0.15, -0.1) is 0 Å². The van der Waals surface area contributed by atoms with Crippen LogP contribution in [0.5, 0.6) is 5.75 Å². The first kappa shape index (κ1) is 12.4. The van der Waals surface area contributed by atoms with Crippen LogP contribution in [0.1, 0.15) is 47.3 Å². The summed E-state index contributed by atoms with van der Waals surface area (Å²) in [6.07, 6.45) is 5.91. The van der Waals surface area contributed by atoms with Gasteiger partial charge in [0.15, 0.2) is 0 Å². The number of nitrogens with zero attached hydrogens (tertiary/aromatic N) is 1. The second kappa shape index (κ2) is 5.26. The quantitative estimate of drug-likeness (QED) is 0.861. The maximum atomic E-state index is 10.3. The van der Waals surface area contributed by atoms with Crippen molar-refractivity contribution in [2.45, 2.75) is 43.1 Å². The van der Waals surface area contributed by atoms with Crippen LogP contribution in [0, 0.1) is 23.2 Å². The zero-order valence-corrected chi connectivity index (χ0v) is 13.7. The fourth-order valence-electron chi connectivity index (χ4n) is 5.71. The van der Waals surface area contributed by atoms with Crippen molar-refractivity contribution in [2.75, 3.05) is 14.1 Å². The maximum absolute atomic E-state index is 10.3. The molecule has 1 N–H and O–H groups in total. The Morgan fingerprint density at radius 2 is 2.29 bits per heavy atom. The Morgan fingerprint density at radius 1 is 1.42 bits per heavy atom. The van der Waals surface area contributed by atoms with E-state index in [2.05, 4.69) is 0 Å². The molecule has 4 heteroatoms. The number of rotatable bonds is 3. The first-order valence-electron chi connectivity index (χ1n) is 9.87. The van der Waals surface area contributed by atoms with Crippen molar-refractivity contribution in [2.24, 2.45) is 11.8 Å². The van der Waals surface area contributed by atoms with Crippen LogP contribution < -0.4 is 0 Å². The third-order valence-electron chi connectivity index (χ3n) is 6.44. The van der Waals surface area contributed by atoms with Crippen LogP contribution in [0.25, 0.3) is 0 Å². The lowest BCUT2D eigenvalue weighted by Crippen LogP contribution is -2.59. The number of methoxy groups -OCH3 is 2. The topological polar surface area (TPSA) is 62.5 Å². The Kier molecular flexibility index (Phi) is 2.71. The molecule has 0 saturated heterocycles. The van der Waals surface area contributed by atoms with Gasteiger partial charge in [0, 0.05) is 12.5 Å². The number of aromatic hydroxyl groups is 1. The van der Waals surface area contributed by atoms with Gasteiger partial charge in [0.1, 0.15) is 11.8 Å². The molecule has 0 aromatic heterocycles. The predicted octanol–water partition coefficient (Wildman–Crippen LogP) is 3.64. The molecule has 5 rings (SSSR count). The van der Waals surface area contributed by atoms with Gasteiger partial charge in [-0.1, -0.05) is 6.07 Å². The number of hydrogen-bond acceptors (Lipinski definition) is 4. The molecule has 0 heterocycles. The molecular weight excluding hydrogens is 302 g/mol. The van der Waals surface area contributed by atoms with Gasteiger partial charge in [-0.3, -0.25) is 0 Å². The highest BCUT2D eigenvalue weighted by Gasteiger charge is 2.61. The molecule has 0 radical (unpaired) electrons. The van der Waals surface area contributed by atoms with E-state index in [1.165, 1.54) is 6.26 Å². The molecule has 126 valence electrons. The Bertz CT molecular complexity index is 844. The molecule has 0 amide bonds. The van der Waals surface area contributed by atoms with E-state index in [0.717, 1.165) is 43.2 Å². The van der Waals surface area contributed by atoms with E-state index in [1.807, 2.05) is 12.1 Å². The number of benzene rings is 1. The summed E-state index contributed by atoms with van der Waals surface area (Å²) in [5.74, 6) is 0.639. The van der Waals surface area contributed by atoms with Crippen LogP contribution in [-0.4, -0.2) is 24.9 Å². The van der Waals surface area contributed by atoms with Gasteiger partial charge < -0.3 is 14.6 Å². The number of phenols is 1. The van der Waals surface area contributed by atoms with Crippen molar-refractivity contribution in [3.8, 4) is 11.8 Å². The van der Waals surface area contributed by atoms with E-state index >= 15 is 0 Å². The van der Waals surface area contributed by atoms with E-state index in [4.69, 9.17) is 18.8 Å².